The summed E-state index contributed by atoms with van der Waals surface area (Å²) in [5, 5.41) is 7.90. The Bertz CT molecular complexity index is 734. The van der Waals surface area contributed by atoms with E-state index >= 15 is 0 Å². The third kappa shape index (κ3) is 2.44. The maximum Gasteiger partial charge on any atom is 0.188 e. The van der Waals surface area contributed by atoms with Crippen molar-refractivity contribution in [3.63, 3.8) is 0 Å². The summed E-state index contributed by atoms with van der Waals surface area (Å²) >= 11 is 3.40. The van der Waals surface area contributed by atoms with Crippen molar-refractivity contribution in [2.24, 2.45) is 0 Å². The number of rotatable bonds is 3. The monoisotopic (exact) mass is 314 g/mol. The van der Waals surface area contributed by atoms with Gasteiger partial charge in [-0.25, -0.2) is 0 Å². The number of nitrogens with zero attached hydrogens (tertiary/aromatic N) is 1. The fourth-order valence-corrected chi connectivity index (χ4v) is 2.43. The molecular weight excluding hydrogens is 304 g/mol. The number of aromatic amines is 1. The molecule has 0 atom stereocenters. The van der Waals surface area contributed by atoms with Crippen LogP contribution in [0.3, 0.4) is 0 Å². The lowest BCUT2D eigenvalue weighted by Gasteiger charge is -1.99. The predicted octanol–water partition coefficient (Wildman–Crippen LogP) is 3.75. The van der Waals surface area contributed by atoms with Gasteiger partial charge in [-0.1, -0.05) is 46.3 Å². The van der Waals surface area contributed by atoms with E-state index in [2.05, 4.69) is 26.1 Å². The minimum atomic E-state index is 0.0276. The molecule has 3 nitrogen and oxygen atoms in total. The lowest BCUT2D eigenvalue weighted by molar-refractivity contribution is 0.0989. The number of Topliss-reactive ketones (excluding diaryl/α,β-unsaturated/α-hetero) is 1. The molecule has 0 amide bonds. The average molecular weight is 315 g/mol. The molecule has 0 unspecified atom stereocenters. The van der Waals surface area contributed by atoms with Crippen LogP contribution in [0.15, 0.2) is 53.0 Å². The Hall–Kier alpha value is -1.94. The third-order valence-corrected chi connectivity index (χ3v) is 3.49. The molecular formula is C15H11BrN2O. The number of H-pyrrole nitrogens is 1. The van der Waals surface area contributed by atoms with Crippen LogP contribution in [0, 0.1) is 0 Å². The Morgan fingerprint density at radius 3 is 2.74 bits per heavy atom. The lowest BCUT2D eigenvalue weighted by atomic mass is 10.0. The zero-order valence-electron chi connectivity index (χ0n) is 10.1. The van der Waals surface area contributed by atoms with Crippen molar-refractivity contribution in [1.29, 1.82) is 0 Å². The first-order valence-corrected chi connectivity index (χ1v) is 6.74. The Labute approximate surface area is 118 Å². The highest BCUT2D eigenvalue weighted by Crippen LogP contribution is 2.21. The summed E-state index contributed by atoms with van der Waals surface area (Å²) in [5.74, 6) is 0.0276. The van der Waals surface area contributed by atoms with Gasteiger partial charge in [-0.3, -0.25) is 9.89 Å². The number of hydrogen-bond donors (Lipinski definition) is 1. The molecule has 1 aromatic heterocycles. The van der Waals surface area contributed by atoms with Crippen LogP contribution < -0.4 is 0 Å². The minimum Gasteiger partial charge on any atom is -0.292 e. The maximum atomic E-state index is 12.3. The summed E-state index contributed by atoms with van der Waals surface area (Å²) in [7, 11) is 0. The molecule has 1 N–H and O–H groups in total. The molecule has 94 valence electrons. The summed E-state index contributed by atoms with van der Waals surface area (Å²) in [6.07, 6.45) is 0.372. The number of ketones is 1. The normalized spacial score (nSPS) is 10.8. The van der Waals surface area contributed by atoms with E-state index in [0.717, 1.165) is 20.9 Å². The van der Waals surface area contributed by atoms with Crippen LogP contribution in [0.2, 0.25) is 0 Å². The number of aromatic nitrogens is 2. The summed E-state index contributed by atoms with van der Waals surface area (Å²) in [5.41, 5.74) is 2.37. The van der Waals surface area contributed by atoms with E-state index in [1.165, 1.54) is 0 Å². The van der Waals surface area contributed by atoms with Crippen LogP contribution in [0.4, 0.5) is 0 Å². The Morgan fingerprint density at radius 2 is 1.95 bits per heavy atom. The maximum absolute atomic E-state index is 12.3. The molecule has 0 aliphatic heterocycles. The number of nitrogens with one attached hydrogen (secondary N) is 1. The van der Waals surface area contributed by atoms with Crippen molar-refractivity contribution in [1.82, 2.24) is 10.2 Å². The van der Waals surface area contributed by atoms with Crippen LogP contribution in [-0.4, -0.2) is 16.0 Å². The molecule has 1 heterocycles. The van der Waals surface area contributed by atoms with E-state index in [0.29, 0.717) is 12.1 Å². The van der Waals surface area contributed by atoms with E-state index in [9.17, 15) is 4.79 Å². The second-order valence-electron chi connectivity index (χ2n) is 4.35. The van der Waals surface area contributed by atoms with Crippen molar-refractivity contribution in [2.45, 2.75) is 6.42 Å². The van der Waals surface area contributed by atoms with E-state index in [1.54, 1.807) is 0 Å². The van der Waals surface area contributed by atoms with Crippen molar-refractivity contribution in [2.75, 3.05) is 0 Å². The highest BCUT2D eigenvalue weighted by molar-refractivity contribution is 9.10. The Balaban J connectivity index is 1.94. The fourth-order valence-electron chi connectivity index (χ4n) is 2.07. The number of fused-ring (bicyclic) bond motifs is 1. The highest BCUT2D eigenvalue weighted by Gasteiger charge is 2.14. The third-order valence-electron chi connectivity index (χ3n) is 3.00. The molecule has 2 aromatic carbocycles. The molecule has 0 saturated carbocycles. The van der Waals surface area contributed by atoms with E-state index in [1.807, 2.05) is 48.5 Å². The largest absolute Gasteiger partial charge is 0.292 e. The smallest absolute Gasteiger partial charge is 0.188 e. The number of benzene rings is 2. The number of carbonyl (C=O) groups excluding carboxylic acids is 1. The molecule has 4 heteroatoms. The topological polar surface area (TPSA) is 45.8 Å². The van der Waals surface area contributed by atoms with Gasteiger partial charge in [0.05, 0.1) is 5.52 Å². The van der Waals surface area contributed by atoms with Gasteiger partial charge in [0.2, 0.25) is 0 Å². The molecule has 0 bridgehead atoms. The average Bonchev–Trinajstić information content (AvgIpc) is 2.82. The summed E-state index contributed by atoms with van der Waals surface area (Å²) in [4.78, 5) is 12.3. The van der Waals surface area contributed by atoms with Crippen LogP contribution in [0.25, 0.3) is 10.9 Å². The van der Waals surface area contributed by atoms with E-state index in [4.69, 9.17) is 0 Å². The van der Waals surface area contributed by atoms with Gasteiger partial charge in [-0.05, 0) is 23.8 Å². The van der Waals surface area contributed by atoms with Gasteiger partial charge in [-0.15, -0.1) is 0 Å². The van der Waals surface area contributed by atoms with Crippen LogP contribution in [0.5, 0.6) is 0 Å². The quantitative estimate of drug-likeness (QED) is 0.748. The van der Waals surface area contributed by atoms with Gasteiger partial charge in [0, 0.05) is 16.3 Å². The summed E-state index contributed by atoms with van der Waals surface area (Å²) in [6.45, 7) is 0. The van der Waals surface area contributed by atoms with Gasteiger partial charge >= 0.3 is 0 Å². The molecule has 19 heavy (non-hydrogen) atoms. The number of carbonyl (C=O) groups is 1. The van der Waals surface area contributed by atoms with Crippen LogP contribution in [0.1, 0.15) is 16.1 Å². The summed E-state index contributed by atoms with van der Waals surface area (Å²) < 4.78 is 0.964. The SMILES string of the molecule is O=C(Cc1ccccc1)c1n[nH]c2cc(Br)ccc12. The van der Waals surface area contributed by atoms with Gasteiger partial charge in [0.15, 0.2) is 5.78 Å². The second kappa shape index (κ2) is 4.97. The molecule has 0 saturated heterocycles. The first-order chi connectivity index (χ1) is 9.24. The standard InChI is InChI=1S/C15H11BrN2O/c16-11-6-7-12-13(9-11)17-18-15(12)14(19)8-10-4-2-1-3-5-10/h1-7,9H,8H2,(H,17,18). The Morgan fingerprint density at radius 1 is 1.16 bits per heavy atom. The van der Waals surface area contributed by atoms with Crippen LogP contribution in [-0.2, 0) is 6.42 Å². The van der Waals surface area contributed by atoms with Gasteiger partial charge in [0.1, 0.15) is 5.69 Å². The Kier molecular flexibility index (Phi) is 3.17. The highest BCUT2D eigenvalue weighted by atomic mass is 79.9. The van der Waals surface area contributed by atoms with Crippen molar-refractivity contribution < 1.29 is 4.79 Å². The summed E-state index contributed by atoms with van der Waals surface area (Å²) in [6, 6.07) is 15.4. The first kappa shape index (κ1) is 12.1. The fraction of sp³-hybridized carbons (Fsp3) is 0.0667. The molecule has 0 radical (unpaired) electrons. The van der Waals surface area contributed by atoms with Crippen molar-refractivity contribution >= 4 is 32.6 Å². The molecule has 0 fully saturated rings. The number of halogens is 1. The van der Waals surface area contributed by atoms with Crippen molar-refractivity contribution in [3.8, 4) is 0 Å². The predicted molar refractivity (Wildman–Crippen MR) is 78.3 cm³/mol. The zero-order chi connectivity index (χ0) is 13.2. The molecule has 0 aliphatic rings. The van der Waals surface area contributed by atoms with Crippen molar-refractivity contribution in [3.05, 3.63) is 64.3 Å². The molecule has 3 aromatic rings. The first-order valence-electron chi connectivity index (χ1n) is 5.95. The van der Waals surface area contributed by atoms with Gasteiger partial charge in [-0.2, -0.15) is 5.10 Å². The van der Waals surface area contributed by atoms with Gasteiger partial charge < -0.3 is 0 Å². The van der Waals surface area contributed by atoms with Crippen LogP contribution >= 0.6 is 15.9 Å². The second-order valence-corrected chi connectivity index (χ2v) is 5.26. The van der Waals surface area contributed by atoms with E-state index < -0.39 is 0 Å². The van der Waals surface area contributed by atoms with E-state index in [-0.39, 0.29) is 5.78 Å². The van der Waals surface area contributed by atoms with Gasteiger partial charge in [0.25, 0.3) is 0 Å². The lowest BCUT2D eigenvalue weighted by Crippen LogP contribution is -2.04. The number of hydrogen-bond acceptors (Lipinski definition) is 2. The zero-order valence-corrected chi connectivity index (χ0v) is 11.6. The minimum absolute atomic E-state index is 0.0276. The molecule has 3 rings (SSSR count). The molecule has 0 aliphatic carbocycles. The molecule has 0 spiro atoms.